The van der Waals surface area contributed by atoms with Crippen LogP contribution in [-0.4, -0.2) is 45.4 Å². The summed E-state index contributed by atoms with van der Waals surface area (Å²) in [5.74, 6) is -0.175. The van der Waals surface area contributed by atoms with E-state index in [1.165, 1.54) is 0 Å². The Morgan fingerprint density at radius 1 is 1.07 bits per heavy atom. The number of carbonyl (C=O) groups excluding carboxylic acids is 1. The monoisotopic (exact) mass is 408 g/mol. The first-order valence-corrected chi connectivity index (χ1v) is 10.5. The van der Waals surface area contributed by atoms with Crippen LogP contribution in [0.1, 0.15) is 28.8 Å². The molecule has 0 aliphatic carbocycles. The average Bonchev–Trinajstić information content (AvgIpc) is 2.68. The predicted molar refractivity (Wildman–Crippen MR) is 109 cm³/mol. The van der Waals surface area contributed by atoms with Gasteiger partial charge in [-0.1, -0.05) is 30.3 Å². The molecule has 146 valence electrons. The van der Waals surface area contributed by atoms with Crippen molar-refractivity contribution in [2.75, 3.05) is 20.1 Å². The van der Waals surface area contributed by atoms with Gasteiger partial charge in [-0.2, -0.15) is 0 Å². The topological polar surface area (TPSA) is 66.5 Å². The van der Waals surface area contributed by atoms with Gasteiger partial charge in [0.2, 0.25) is 0 Å². The van der Waals surface area contributed by atoms with Crippen LogP contribution in [-0.2, 0) is 15.6 Å². The Hall–Kier alpha value is -1.89. The van der Waals surface area contributed by atoms with Crippen molar-refractivity contribution in [2.24, 2.45) is 0 Å². The first-order chi connectivity index (χ1) is 12.5. The number of halogens is 1. The summed E-state index contributed by atoms with van der Waals surface area (Å²) in [7, 11) is -1.60. The third-order valence-electron chi connectivity index (χ3n) is 4.81. The van der Waals surface area contributed by atoms with Crippen molar-refractivity contribution in [1.29, 1.82) is 0 Å². The zero-order valence-electron chi connectivity index (χ0n) is 15.3. The zero-order chi connectivity index (χ0) is 18.6. The van der Waals surface area contributed by atoms with Crippen molar-refractivity contribution in [3.8, 4) is 0 Å². The molecule has 0 saturated carbocycles. The van der Waals surface area contributed by atoms with Gasteiger partial charge in [0.25, 0.3) is 5.91 Å². The normalized spacial score (nSPS) is 15.0. The van der Waals surface area contributed by atoms with Crippen molar-refractivity contribution in [1.82, 2.24) is 10.2 Å². The van der Waals surface area contributed by atoms with Gasteiger partial charge < -0.3 is 10.2 Å². The van der Waals surface area contributed by atoms with Crippen molar-refractivity contribution in [3.63, 3.8) is 0 Å². The standard InChI is InChI=1S/C20H24N2O3S.ClH/c1-22(18-10-12-21-13-11-18)20(23)17-7-5-6-16(14-17)15-26(24,25)19-8-3-2-4-9-19;/h2-9,14,18,21H,10-13,15H2,1H3;1H. The number of hydrogen-bond acceptors (Lipinski definition) is 4. The van der Waals surface area contributed by atoms with E-state index in [0.717, 1.165) is 25.9 Å². The Morgan fingerprint density at radius 2 is 1.74 bits per heavy atom. The lowest BCUT2D eigenvalue weighted by molar-refractivity contribution is 0.0703. The Labute approximate surface area is 167 Å². The van der Waals surface area contributed by atoms with Gasteiger partial charge in [0, 0.05) is 18.7 Å². The number of piperidine rings is 1. The molecule has 3 rings (SSSR count). The summed E-state index contributed by atoms with van der Waals surface area (Å²) in [5.41, 5.74) is 1.16. The van der Waals surface area contributed by atoms with Crippen LogP contribution in [0.5, 0.6) is 0 Å². The molecule has 1 N–H and O–H groups in total. The van der Waals surface area contributed by atoms with Gasteiger partial charge in [-0.05, 0) is 55.8 Å². The van der Waals surface area contributed by atoms with Gasteiger partial charge in [0.05, 0.1) is 10.6 Å². The van der Waals surface area contributed by atoms with E-state index in [4.69, 9.17) is 0 Å². The van der Waals surface area contributed by atoms with E-state index in [1.807, 2.05) is 7.05 Å². The van der Waals surface area contributed by atoms with Crippen LogP contribution in [0.15, 0.2) is 59.5 Å². The highest BCUT2D eigenvalue weighted by molar-refractivity contribution is 7.90. The molecule has 0 radical (unpaired) electrons. The highest BCUT2D eigenvalue weighted by Crippen LogP contribution is 2.19. The summed E-state index contributed by atoms with van der Waals surface area (Å²) in [6.07, 6.45) is 1.87. The van der Waals surface area contributed by atoms with E-state index in [-0.39, 0.29) is 30.1 Å². The first-order valence-electron chi connectivity index (χ1n) is 8.82. The van der Waals surface area contributed by atoms with E-state index in [1.54, 1.807) is 59.5 Å². The van der Waals surface area contributed by atoms with Gasteiger partial charge >= 0.3 is 0 Å². The Bertz CT molecular complexity index is 866. The fourth-order valence-corrected chi connectivity index (χ4v) is 4.65. The fourth-order valence-electron chi connectivity index (χ4n) is 3.29. The maximum atomic E-state index is 12.8. The number of carbonyl (C=O) groups is 1. The molecule has 0 aromatic heterocycles. The van der Waals surface area contributed by atoms with Crippen molar-refractivity contribution >= 4 is 28.2 Å². The summed E-state index contributed by atoms with van der Waals surface area (Å²) < 4.78 is 25.1. The van der Waals surface area contributed by atoms with Gasteiger partial charge in [-0.15, -0.1) is 12.4 Å². The minimum Gasteiger partial charge on any atom is -0.339 e. The second-order valence-corrected chi connectivity index (χ2v) is 8.66. The van der Waals surface area contributed by atoms with E-state index >= 15 is 0 Å². The molecule has 27 heavy (non-hydrogen) atoms. The molecule has 1 fully saturated rings. The second-order valence-electron chi connectivity index (χ2n) is 6.67. The molecule has 0 spiro atoms. The van der Waals surface area contributed by atoms with E-state index in [2.05, 4.69) is 5.32 Å². The molecular weight excluding hydrogens is 384 g/mol. The number of rotatable bonds is 5. The lowest BCUT2D eigenvalue weighted by Crippen LogP contribution is -2.43. The molecule has 0 unspecified atom stereocenters. The number of hydrogen-bond donors (Lipinski definition) is 1. The fraction of sp³-hybridized carbons (Fsp3) is 0.350. The average molecular weight is 409 g/mol. The van der Waals surface area contributed by atoms with E-state index < -0.39 is 9.84 Å². The summed E-state index contributed by atoms with van der Waals surface area (Å²) in [6, 6.07) is 15.6. The lowest BCUT2D eigenvalue weighted by Gasteiger charge is -2.31. The van der Waals surface area contributed by atoms with Crippen LogP contribution in [0.4, 0.5) is 0 Å². The van der Waals surface area contributed by atoms with Crippen LogP contribution in [0.2, 0.25) is 0 Å². The molecular formula is C20H25ClN2O3S. The lowest BCUT2D eigenvalue weighted by atomic mass is 10.0. The van der Waals surface area contributed by atoms with Gasteiger partial charge in [0.15, 0.2) is 9.84 Å². The van der Waals surface area contributed by atoms with Crippen molar-refractivity contribution in [3.05, 3.63) is 65.7 Å². The summed E-state index contributed by atoms with van der Waals surface area (Å²) in [4.78, 5) is 14.9. The largest absolute Gasteiger partial charge is 0.339 e. The SMILES string of the molecule is CN(C(=O)c1cccc(CS(=O)(=O)c2ccccc2)c1)C1CCNCC1.Cl. The number of sulfone groups is 1. The van der Waals surface area contributed by atoms with Crippen LogP contribution in [0, 0.1) is 0 Å². The highest BCUT2D eigenvalue weighted by Gasteiger charge is 2.23. The minimum atomic E-state index is -3.43. The molecule has 2 aromatic rings. The molecule has 7 heteroatoms. The van der Waals surface area contributed by atoms with Gasteiger partial charge in [-0.25, -0.2) is 8.42 Å². The summed E-state index contributed by atoms with van der Waals surface area (Å²) in [5, 5.41) is 3.29. The third kappa shape index (κ3) is 5.31. The second kappa shape index (κ2) is 9.35. The van der Waals surface area contributed by atoms with Gasteiger partial charge in [0.1, 0.15) is 0 Å². The van der Waals surface area contributed by atoms with E-state index in [0.29, 0.717) is 16.0 Å². The molecule has 1 amide bonds. The molecule has 1 saturated heterocycles. The number of nitrogens with zero attached hydrogens (tertiary/aromatic N) is 1. The maximum absolute atomic E-state index is 12.8. The van der Waals surface area contributed by atoms with Crippen LogP contribution in [0.25, 0.3) is 0 Å². The van der Waals surface area contributed by atoms with Crippen LogP contribution in [0.3, 0.4) is 0 Å². The number of amides is 1. The Morgan fingerprint density at radius 3 is 2.41 bits per heavy atom. The predicted octanol–water partition coefficient (Wildman–Crippen LogP) is 2.91. The number of benzene rings is 2. The van der Waals surface area contributed by atoms with Crippen molar-refractivity contribution < 1.29 is 13.2 Å². The molecule has 1 aliphatic rings. The minimum absolute atomic E-state index is 0. The molecule has 1 aliphatic heterocycles. The summed E-state index contributed by atoms with van der Waals surface area (Å²) in [6.45, 7) is 1.83. The molecule has 5 nitrogen and oxygen atoms in total. The zero-order valence-corrected chi connectivity index (χ0v) is 16.9. The Balaban J connectivity index is 0.00000261. The maximum Gasteiger partial charge on any atom is 0.253 e. The molecule has 0 bridgehead atoms. The van der Waals surface area contributed by atoms with Gasteiger partial charge in [-0.3, -0.25) is 4.79 Å². The first kappa shape index (κ1) is 21.4. The molecule has 2 aromatic carbocycles. The Kier molecular flexibility index (Phi) is 7.41. The smallest absolute Gasteiger partial charge is 0.253 e. The third-order valence-corrected chi connectivity index (χ3v) is 6.51. The quantitative estimate of drug-likeness (QED) is 0.826. The number of nitrogens with one attached hydrogen (secondary N) is 1. The highest BCUT2D eigenvalue weighted by atomic mass is 35.5. The van der Waals surface area contributed by atoms with Crippen LogP contribution >= 0.6 is 12.4 Å². The van der Waals surface area contributed by atoms with E-state index in [9.17, 15) is 13.2 Å². The van der Waals surface area contributed by atoms with Crippen LogP contribution < -0.4 is 5.32 Å². The molecule has 0 atom stereocenters. The summed E-state index contributed by atoms with van der Waals surface area (Å²) >= 11 is 0. The van der Waals surface area contributed by atoms with Crippen molar-refractivity contribution in [2.45, 2.75) is 29.5 Å². The molecule has 1 heterocycles.